The third kappa shape index (κ3) is 2.67. The second-order valence-electron chi connectivity index (χ2n) is 4.84. The van der Waals surface area contributed by atoms with E-state index >= 15 is 0 Å². The lowest BCUT2D eigenvalue weighted by Gasteiger charge is -2.16. The van der Waals surface area contributed by atoms with Crippen molar-refractivity contribution in [1.29, 1.82) is 0 Å². The van der Waals surface area contributed by atoms with E-state index in [9.17, 15) is 9.90 Å². The zero-order chi connectivity index (χ0) is 13.9. The molecule has 0 radical (unpaired) electrons. The van der Waals surface area contributed by atoms with Crippen LogP contribution in [0.5, 0.6) is 0 Å². The number of hydrogen-bond donors (Lipinski definition) is 2. The maximum Gasteiger partial charge on any atom is 0.312 e. The zero-order valence-electron chi connectivity index (χ0n) is 11.0. The molecule has 0 amide bonds. The summed E-state index contributed by atoms with van der Waals surface area (Å²) in [5.41, 5.74) is 0.763. The molecule has 1 atom stereocenters. The highest BCUT2D eigenvalue weighted by atomic mass is 32.1. The summed E-state index contributed by atoms with van der Waals surface area (Å²) >= 11 is 1.58. The number of aliphatic carboxylic acids is 1. The Hall–Kier alpha value is -1.89. The molecule has 2 aromatic heterocycles. The van der Waals surface area contributed by atoms with Gasteiger partial charge in [-0.05, 0) is 19.3 Å². The number of carboxylic acids is 1. The van der Waals surface area contributed by atoms with Crippen LogP contribution in [0.2, 0.25) is 0 Å². The smallest absolute Gasteiger partial charge is 0.312 e. The molecule has 2 heterocycles. The summed E-state index contributed by atoms with van der Waals surface area (Å²) in [5, 5.41) is 13.3. The van der Waals surface area contributed by atoms with Gasteiger partial charge in [0.15, 0.2) is 5.13 Å². The number of imidazole rings is 1. The number of hydrogen-bond acceptors (Lipinski definition) is 5. The minimum absolute atomic E-state index is 0.431. The van der Waals surface area contributed by atoms with Crippen molar-refractivity contribution in [3.05, 3.63) is 29.3 Å². The van der Waals surface area contributed by atoms with Crippen LogP contribution in [-0.2, 0) is 17.8 Å². The van der Waals surface area contributed by atoms with Gasteiger partial charge in [0.25, 0.3) is 0 Å². The lowest BCUT2D eigenvalue weighted by atomic mass is 9.91. The van der Waals surface area contributed by atoms with Gasteiger partial charge < -0.3 is 15.0 Å². The van der Waals surface area contributed by atoms with Crippen LogP contribution in [0.4, 0.5) is 5.13 Å². The fraction of sp³-hybridized carbons (Fsp3) is 0.462. The highest BCUT2D eigenvalue weighted by Crippen LogP contribution is 2.36. The van der Waals surface area contributed by atoms with Crippen molar-refractivity contribution in [3.8, 4) is 0 Å². The first kappa shape index (κ1) is 13.1. The molecule has 3 rings (SSSR count). The number of aryl methyl sites for hydroxylation is 1. The Morgan fingerprint density at radius 3 is 3.25 bits per heavy atom. The van der Waals surface area contributed by atoms with Crippen LogP contribution in [0.25, 0.3) is 0 Å². The monoisotopic (exact) mass is 292 g/mol. The average molecular weight is 292 g/mol. The molecule has 7 heteroatoms. The molecule has 0 fully saturated rings. The summed E-state index contributed by atoms with van der Waals surface area (Å²) < 4.78 is 1.99. The molecule has 20 heavy (non-hydrogen) atoms. The number of thiazole rings is 1. The molecule has 1 aliphatic rings. The fourth-order valence-corrected chi connectivity index (χ4v) is 3.54. The molecular formula is C13H16N4O2S. The van der Waals surface area contributed by atoms with Gasteiger partial charge in [-0.3, -0.25) is 4.79 Å². The molecule has 1 unspecified atom stereocenters. The van der Waals surface area contributed by atoms with E-state index < -0.39 is 11.9 Å². The molecule has 0 saturated heterocycles. The van der Waals surface area contributed by atoms with E-state index in [2.05, 4.69) is 15.3 Å². The number of nitrogens with one attached hydrogen (secondary N) is 1. The van der Waals surface area contributed by atoms with E-state index in [1.54, 1.807) is 23.9 Å². The predicted molar refractivity (Wildman–Crippen MR) is 76.1 cm³/mol. The number of nitrogens with zero attached hydrogens (tertiary/aromatic N) is 3. The summed E-state index contributed by atoms with van der Waals surface area (Å²) in [6, 6.07) is 0. The summed E-state index contributed by atoms with van der Waals surface area (Å²) in [4.78, 5) is 20.8. The number of rotatable bonds is 5. The van der Waals surface area contributed by atoms with Crippen LogP contribution in [0.1, 0.15) is 29.3 Å². The van der Waals surface area contributed by atoms with Crippen molar-refractivity contribution in [1.82, 2.24) is 14.5 Å². The van der Waals surface area contributed by atoms with Gasteiger partial charge in [-0.2, -0.15) is 0 Å². The van der Waals surface area contributed by atoms with Crippen molar-refractivity contribution in [2.24, 2.45) is 0 Å². The van der Waals surface area contributed by atoms with Crippen molar-refractivity contribution >= 4 is 22.4 Å². The second kappa shape index (κ2) is 5.62. The first-order chi connectivity index (χ1) is 9.74. The van der Waals surface area contributed by atoms with Crippen LogP contribution >= 0.6 is 11.3 Å². The van der Waals surface area contributed by atoms with Crippen LogP contribution < -0.4 is 5.32 Å². The lowest BCUT2D eigenvalue weighted by molar-refractivity contribution is -0.139. The fourth-order valence-electron chi connectivity index (χ4n) is 2.45. The largest absolute Gasteiger partial charge is 0.481 e. The first-order valence-corrected chi connectivity index (χ1v) is 7.47. The van der Waals surface area contributed by atoms with Crippen LogP contribution in [0.15, 0.2) is 18.7 Å². The molecule has 0 bridgehead atoms. The Morgan fingerprint density at radius 2 is 2.50 bits per heavy atom. The predicted octanol–water partition coefficient (Wildman–Crippen LogP) is 1.96. The van der Waals surface area contributed by atoms with Crippen LogP contribution in [0, 0.1) is 0 Å². The third-order valence-electron chi connectivity index (χ3n) is 3.46. The molecule has 6 nitrogen and oxygen atoms in total. The minimum atomic E-state index is -0.763. The highest BCUT2D eigenvalue weighted by Gasteiger charge is 2.29. The van der Waals surface area contributed by atoms with Crippen molar-refractivity contribution < 1.29 is 9.90 Å². The Balaban J connectivity index is 1.65. The van der Waals surface area contributed by atoms with Crippen molar-refractivity contribution in [2.45, 2.75) is 31.7 Å². The van der Waals surface area contributed by atoms with E-state index in [0.717, 1.165) is 41.6 Å². The molecule has 2 N–H and O–H groups in total. The summed E-state index contributed by atoms with van der Waals surface area (Å²) in [6.45, 7) is 1.56. The molecule has 0 aromatic carbocycles. The molecule has 2 aromatic rings. The van der Waals surface area contributed by atoms with E-state index in [4.69, 9.17) is 0 Å². The van der Waals surface area contributed by atoms with E-state index in [-0.39, 0.29) is 0 Å². The average Bonchev–Trinajstić information content (AvgIpc) is 3.06. The van der Waals surface area contributed by atoms with Gasteiger partial charge in [-0.15, -0.1) is 11.3 Å². The van der Waals surface area contributed by atoms with Gasteiger partial charge in [0, 0.05) is 30.4 Å². The van der Waals surface area contributed by atoms with Crippen molar-refractivity contribution in [3.63, 3.8) is 0 Å². The molecular weight excluding hydrogens is 276 g/mol. The molecule has 0 spiro atoms. The molecule has 1 aliphatic carbocycles. The number of anilines is 1. The van der Waals surface area contributed by atoms with E-state index in [1.165, 1.54) is 0 Å². The summed E-state index contributed by atoms with van der Waals surface area (Å²) in [5.74, 6) is -1.19. The second-order valence-corrected chi connectivity index (χ2v) is 5.92. The van der Waals surface area contributed by atoms with Gasteiger partial charge in [0.05, 0.1) is 12.0 Å². The first-order valence-electron chi connectivity index (χ1n) is 6.66. The Kier molecular flexibility index (Phi) is 3.68. The van der Waals surface area contributed by atoms with E-state index in [0.29, 0.717) is 6.42 Å². The van der Waals surface area contributed by atoms with E-state index in [1.807, 2.05) is 10.8 Å². The number of aromatic nitrogens is 3. The van der Waals surface area contributed by atoms with Crippen molar-refractivity contribution in [2.75, 3.05) is 11.9 Å². The van der Waals surface area contributed by atoms with Gasteiger partial charge in [0.2, 0.25) is 0 Å². The van der Waals surface area contributed by atoms with Gasteiger partial charge in [0.1, 0.15) is 5.92 Å². The van der Waals surface area contributed by atoms with Crippen LogP contribution in [0.3, 0.4) is 0 Å². The lowest BCUT2D eigenvalue weighted by Crippen LogP contribution is -2.17. The third-order valence-corrected chi connectivity index (χ3v) is 4.55. The molecule has 0 aliphatic heterocycles. The minimum Gasteiger partial charge on any atom is -0.481 e. The zero-order valence-corrected chi connectivity index (χ0v) is 11.8. The Labute approximate surface area is 120 Å². The normalized spacial score (nSPS) is 17.7. The van der Waals surface area contributed by atoms with Gasteiger partial charge in [-0.25, -0.2) is 9.97 Å². The summed E-state index contributed by atoms with van der Waals surface area (Å²) in [7, 11) is 0. The molecule has 106 valence electrons. The maximum atomic E-state index is 11.2. The topological polar surface area (TPSA) is 80.0 Å². The van der Waals surface area contributed by atoms with Gasteiger partial charge >= 0.3 is 5.97 Å². The SMILES string of the molecule is O=C(O)C1CCCc2sc(NCCn3ccnc3)nc21. The molecule has 0 saturated carbocycles. The summed E-state index contributed by atoms with van der Waals surface area (Å²) in [6.07, 6.45) is 8.00. The Bertz CT molecular complexity index is 594. The number of fused-ring (bicyclic) bond motifs is 1. The number of carbonyl (C=O) groups is 1. The van der Waals surface area contributed by atoms with Crippen LogP contribution in [-0.4, -0.2) is 32.2 Å². The Morgan fingerprint density at radius 1 is 1.60 bits per heavy atom. The standard InChI is InChI=1S/C13H16N4O2S/c18-12(19)9-2-1-3-10-11(9)16-13(20-10)15-5-7-17-6-4-14-8-17/h4,6,8-9H,1-3,5,7H2,(H,15,16)(H,18,19). The van der Waals surface area contributed by atoms with Gasteiger partial charge in [-0.1, -0.05) is 0 Å². The highest BCUT2D eigenvalue weighted by molar-refractivity contribution is 7.15. The maximum absolute atomic E-state index is 11.2. The number of carboxylic acid groups (broad SMARTS) is 1. The quantitative estimate of drug-likeness (QED) is 0.880.